The summed E-state index contributed by atoms with van der Waals surface area (Å²) in [5, 5.41) is 0. The van der Waals surface area contributed by atoms with Gasteiger partial charge in [0.25, 0.3) is 0 Å². The molecule has 1 nitrogen and oxygen atoms in total. The second kappa shape index (κ2) is 4.00. The van der Waals surface area contributed by atoms with Crippen LogP contribution in [-0.4, -0.2) is 11.9 Å². The smallest absolute Gasteiger partial charge is 0.0250 e. The summed E-state index contributed by atoms with van der Waals surface area (Å²) in [4.78, 5) is 2.32. The fourth-order valence-electron chi connectivity index (χ4n) is 3.91. The van der Waals surface area contributed by atoms with E-state index < -0.39 is 0 Å². The number of likely N-dealkylation sites (N-methyl/N-ethyl adjacent to an activating group) is 1. The van der Waals surface area contributed by atoms with Gasteiger partial charge in [0, 0.05) is 36.2 Å². The Kier molecular flexibility index (Phi) is 2.63. The van der Waals surface area contributed by atoms with Gasteiger partial charge in [0.2, 0.25) is 0 Å². The molecule has 1 aliphatic heterocycles. The topological polar surface area (TPSA) is 3.24 Å². The molecule has 1 heteroatoms. The number of rotatable bonds is 0. The van der Waals surface area contributed by atoms with Gasteiger partial charge < -0.3 is 4.90 Å². The zero-order chi connectivity index (χ0) is 13.8. The number of hydrogen-bond donors (Lipinski definition) is 0. The van der Waals surface area contributed by atoms with E-state index in [1.165, 1.54) is 16.8 Å². The van der Waals surface area contributed by atoms with Crippen LogP contribution in [0.5, 0.6) is 0 Å². The maximum absolute atomic E-state index is 2.36. The van der Waals surface area contributed by atoms with E-state index in [0.717, 1.165) is 0 Å². The maximum Gasteiger partial charge on any atom is 0.0250 e. The highest BCUT2D eigenvalue weighted by atomic mass is 15.1. The van der Waals surface area contributed by atoms with Gasteiger partial charge in [0.1, 0.15) is 0 Å². The molecule has 2 atom stereocenters. The minimum Gasteiger partial charge on any atom is -0.354 e. The number of nitrogens with zero attached hydrogens (tertiary/aromatic N) is 1. The van der Waals surface area contributed by atoms with Crippen LogP contribution >= 0.6 is 0 Å². The van der Waals surface area contributed by atoms with Gasteiger partial charge in [-0.1, -0.05) is 58.0 Å². The highest BCUT2D eigenvalue weighted by Crippen LogP contribution is 2.51. The van der Waals surface area contributed by atoms with Gasteiger partial charge in [0.15, 0.2) is 0 Å². The molecule has 2 aliphatic rings. The standard InChI is InChI=1S/C18H23N/c1-12-14-8-6-7-9-15(14)13(2)17-16(12)18(3,4)10-11-19(17)5/h6-13H,1-5H3. The Morgan fingerprint density at radius 1 is 1.00 bits per heavy atom. The van der Waals surface area contributed by atoms with Crippen molar-refractivity contribution in [3.63, 3.8) is 0 Å². The quantitative estimate of drug-likeness (QED) is 0.650. The van der Waals surface area contributed by atoms with E-state index in [4.69, 9.17) is 0 Å². The lowest BCUT2D eigenvalue weighted by Gasteiger charge is -2.45. The Balaban J connectivity index is 2.24. The second-order valence-electron chi connectivity index (χ2n) is 6.52. The predicted molar refractivity (Wildman–Crippen MR) is 81.0 cm³/mol. The number of allylic oxidation sites excluding steroid dienone is 3. The van der Waals surface area contributed by atoms with Crippen molar-refractivity contribution in [1.82, 2.24) is 4.90 Å². The molecule has 0 spiro atoms. The molecule has 1 aromatic rings. The van der Waals surface area contributed by atoms with Gasteiger partial charge >= 0.3 is 0 Å². The van der Waals surface area contributed by atoms with Crippen molar-refractivity contribution in [2.75, 3.05) is 7.05 Å². The highest BCUT2D eigenvalue weighted by molar-refractivity contribution is 5.51. The van der Waals surface area contributed by atoms with E-state index in [2.05, 4.69) is 76.2 Å². The highest BCUT2D eigenvalue weighted by Gasteiger charge is 2.39. The summed E-state index contributed by atoms with van der Waals surface area (Å²) in [5.41, 5.74) is 6.24. The Labute approximate surface area is 116 Å². The van der Waals surface area contributed by atoms with Crippen LogP contribution in [0.15, 0.2) is 47.8 Å². The third-order valence-electron chi connectivity index (χ3n) is 4.84. The van der Waals surface area contributed by atoms with E-state index >= 15 is 0 Å². The minimum atomic E-state index is 0.156. The van der Waals surface area contributed by atoms with Crippen molar-refractivity contribution in [1.29, 1.82) is 0 Å². The average Bonchev–Trinajstić information content (AvgIpc) is 2.39. The molecule has 100 valence electrons. The van der Waals surface area contributed by atoms with E-state index in [-0.39, 0.29) is 5.41 Å². The lowest BCUT2D eigenvalue weighted by molar-refractivity contribution is 0.401. The molecular weight excluding hydrogens is 230 g/mol. The SMILES string of the molecule is CC1C2=C(C(C)c3ccccc31)C(C)(C)C=CN2C. The van der Waals surface area contributed by atoms with Gasteiger partial charge in [-0.15, -0.1) is 0 Å². The van der Waals surface area contributed by atoms with Crippen LogP contribution in [0.2, 0.25) is 0 Å². The van der Waals surface area contributed by atoms with Crippen molar-refractivity contribution in [2.45, 2.75) is 39.5 Å². The van der Waals surface area contributed by atoms with Crippen LogP contribution in [-0.2, 0) is 0 Å². The molecule has 2 unspecified atom stereocenters. The first-order chi connectivity index (χ1) is 8.93. The van der Waals surface area contributed by atoms with Gasteiger partial charge in [-0.3, -0.25) is 0 Å². The van der Waals surface area contributed by atoms with Gasteiger partial charge in [-0.05, 0) is 16.7 Å². The molecular formula is C18H23N. The summed E-state index contributed by atoms with van der Waals surface area (Å²) in [5.74, 6) is 0.987. The Morgan fingerprint density at radius 3 is 2.21 bits per heavy atom. The van der Waals surface area contributed by atoms with Gasteiger partial charge in [-0.2, -0.15) is 0 Å². The largest absolute Gasteiger partial charge is 0.354 e. The molecule has 0 fully saturated rings. The molecule has 0 saturated carbocycles. The third kappa shape index (κ3) is 1.68. The van der Waals surface area contributed by atoms with Crippen molar-refractivity contribution in [3.8, 4) is 0 Å². The summed E-state index contributed by atoms with van der Waals surface area (Å²) in [6.45, 7) is 9.37. The van der Waals surface area contributed by atoms with Crippen LogP contribution in [0, 0.1) is 5.41 Å². The molecule has 0 N–H and O–H groups in total. The predicted octanol–water partition coefficient (Wildman–Crippen LogP) is 4.65. The molecule has 0 amide bonds. The van der Waals surface area contributed by atoms with Crippen molar-refractivity contribution >= 4 is 0 Å². The summed E-state index contributed by atoms with van der Waals surface area (Å²) in [6, 6.07) is 8.93. The molecule has 0 aromatic heterocycles. The molecule has 0 radical (unpaired) electrons. The molecule has 1 aliphatic carbocycles. The molecule has 0 bridgehead atoms. The first kappa shape index (κ1) is 12.5. The first-order valence-corrected chi connectivity index (χ1v) is 7.19. The second-order valence-corrected chi connectivity index (χ2v) is 6.52. The van der Waals surface area contributed by atoms with Crippen molar-refractivity contribution in [2.24, 2.45) is 5.41 Å². The molecule has 1 heterocycles. The van der Waals surface area contributed by atoms with E-state index in [9.17, 15) is 0 Å². The Bertz CT molecular complexity index is 577. The number of hydrogen-bond acceptors (Lipinski definition) is 1. The summed E-state index contributed by atoms with van der Waals surface area (Å²) in [6.07, 6.45) is 4.57. The molecule has 19 heavy (non-hydrogen) atoms. The van der Waals surface area contributed by atoms with Crippen LogP contribution in [0.1, 0.15) is 50.7 Å². The van der Waals surface area contributed by atoms with Crippen LogP contribution in [0.25, 0.3) is 0 Å². The molecule has 0 saturated heterocycles. The molecule has 1 aromatic carbocycles. The van der Waals surface area contributed by atoms with E-state index in [0.29, 0.717) is 11.8 Å². The van der Waals surface area contributed by atoms with Gasteiger partial charge in [-0.25, -0.2) is 0 Å². The van der Waals surface area contributed by atoms with Gasteiger partial charge in [0.05, 0.1) is 0 Å². The van der Waals surface area contributed by atoms with Crippen LogP contribution in [0.3, 0.4) is 0 Å². The maximum atomic E-state index is 2.36. The van der Waals surface area contributed by atoms with Crippen molar-refractivity contribution in [3.05, 3.63) is 58.9 Å². The summed E-state index contributed by atoms with van der Waals surface area (Å²) >= 11 is 0. The first-order valence-electron chi connectivity index (χ1n) is 7.19. The Morgan fingerprint density at radius 2 is 1.58 bits per heavy atom. The van der Waals surface area contributed by atoms with Crippen LogP contribution < -0.4 is 0 Å². The van der Waals surface area contributed by atoms with E-state index in [1.807, 2.05) is 0 Å². The zero-order valence-corrected chi connectivity index (χ0v) is 12.6. The zero-order valence-electron chi connectivity index (χ0n) is 12.6. The summed E-state index contributed by atoms with van der Waals surface area (Å²) in [7, 11) is 2.18. The monoisotopic (exact) mass is 253 g/mol. The molecule has 3 rings (SSSR count). The number of benzene rings is 1. The fourth-order valence-corrected chi connectivity index (χ4v) is 3.91. The normalized spacial score (nSPS) is 28.2. The van der Waals surface area contributed by atoms with Crippen molar-refractivity contribution < 1.29 is 0 Å². The lowest BCUT2D eigenvalue weighted by atomic mass is 9.66. The third-order valence-corrected chi connectivity index (χ3v) is 4.84. The van der Waals surface area contributed by atoms with E-state index in [1.54, 1.807) is 5.57 Å². The van der Waals surface area contributed by atoms with Crippen LogP contribution in [0.4, 0.5) is 0 Å². The fraction of sp³-hybridized carbons (Fsp3) is 0.444. The lowest BCUT2D eigenvalue weighted by Crippen LogP contribution is -2.34. The summed E-state index contributed by atoms with van der Waals surface area (Å²) < 4.78 is 0. The minimum absolute atomic E-state index is 0.156. The Hall–Kier alpha value is -1.50. The number of fused-ring (bicyclic) bond motifs is 1. The average molecular weight is 253 g/mol.